The number of hydrogen-bond acceptors (Lipinski definition) is 7. The molecule has 0 aromatic carbocycles. The summed E-state index contributed by atoms with van der Waals surface area (Å²) >= 11 is 0. The van der Waals surface area contributed by atoms with Crippen molar-refractivity contribution in [2.24, 2.45) is 0 Å². The van der Waals surface area contributed by atoms with Crippen molar-refractivity contribution in [3.8, 4) is 11.8 Å². The highest BCUT2D eigenvalue weighted by molar-refractivity contribution is 5.92. The summed E-state index contributed by atoms with van der Waals surface area (Å²) in [6.45, 7) is 5.69. The first-order chi connectivity index (χ1) is 14.9. The molecular formula is C22H35N7O2. The number of carbonyl (C=O) groups excluding carboxylic acids is 2. The molecule has 4 N–H and O–H groups in total. The minimum absolute atomic E-state index is 0.187. The Morgan fingerprint density at radius 2 is 2.06 bits per heavy atom. The SMILES string of the molecule is CCCNc1nc(NC)ncc1C#CCCCNC(=O)[C@H](C)N(C)C(=O)/C=C/CNC. The molecule has 0 radical (unpaired) electrons. The molecule has 0 aliphatic rings. The lowest BCUT2D eigenvalue weighted by Gasteiger charge is -2.22. The van der Waals surface area contributed by atoms with Crippen molar-refractivity contribution in [3.05, 3.63) is 23.9 Å². The zero-order chi connectivity index (χ0) is 23.1. The number of unbranched alkanes of at least 4 members (excludes halogenated alkanes) is 1. The molecule has 1 aromatic heterocycles. The van der Waals surface area contributed by atoms with E-state index in [2.05, 4.69) is 50.0 Å². The molecule has 0 saturated carbocycles. The summed E-state index contributed by atoms with van der Waals surface area (Å²) in [5.74, 6) is 7.07. The predicted octanol–water partition coefficient (Wildman–Crippen LogP) is 1.21. The Morgan fingerprint density at radius 1 is 1.29 bits per heavy atom. The van der Waals surface area contributed by atoms with E-state index < -0.39 is 6.04 Å². The molecule has 0 saturated heterocycles. The monoisotopic (exact) mass is 429 g/mol. The van der Waals surface area contributed by atoms with Crippen LogP contribution in [0, 0.1) is 11.8 Å². The molecule has 0 unspecified atom stereocenters. The van der Waals surface area contributed by atoms with Crippen LogP contribution in [0.2, 0.25) is 0 Å². The van der Waals surface area contributed by atoms with Crippen LogP contribution in [0.4, 0.5) is 11.8 Å². The lowest BCUT2D eigenvalue weighted by atomic mass is 10.2. The number of nitrogens with zero attached hydrogens (tertiary/aromatic N) is 3. The molecule has 31 heavy (non-hydrogen) atoms. The highest BCUT2D eigenvalue weighted by Gasteiger charge is 2.20. The van der Waals surface area contributed by atoms with E-state index >= 15 is 0 Å². The van der Waals surface area contributed by atoms with Crippen molar-refractivity contribution in [2.75, 3.05) is 51.4 Å². The molecule has 170 valence electrons. The lowest BCUT2D eigenvalue weighted by Crippen LogP contribution is -2.45. The van der Waals surface area contributed by atoms with Gasteiger partial charge in [0.1, 0.15) is 11.9 Å². The van der Waals surface area contributed by atoms with Crippen LogP contribution < -0.4 is 21.3 Å². The standard InChI is InChI=1S/C22H35N7O2/c1-6-13-25-20-18(16-27-22(24-4)28-20)11-8-7-9-15-26-21(31)17(2)29(5)19(30)12-10-14-23-3/h10,12,16-17,23H,6-7,9,13-15H2,1-5H3,(H,26,31)(H2,24,25,27,28)/b12-10+/t17-/m0/s1. The van der Waals surface area contributed by atoms with Gasteiger partial charge in [0.2, 0.25) is 17.8 Å². The van der Waals surface area contributed by atoms with Crippen LogP contribution in [0.5, 0.6) is 0 Å². The van der Waals surface area contributed by atoms with Crippen LogP contribution in [-0.2, 0) is 9.59 Å². The summed E-state index contributed by atoms with van der Waals surface area (Å²) in [6.07, 6.45) is 7.20. The summed E-state index contributed by atoms with van der Waals surface area (Å²) < 4.78 is 0. The van der Waals surface area contributed by atoms with Gasteiger partial charge in [0.05, 0.1) is 11.8 Å². The van der Waals surface area contributed by atoms with Gasteiger partial charge in [-0.25, -0.2) is 4.98 Å². The van der Waals surface area contributed by atoms with Crippen molar-refractivity contribution in [1.82, 2.24) is 25.5 Å². The van der Waals surface area contributed by atoms with E-state index in [1.807, 2.05) is 0 Å². The highest BCUT2D eigenvalue weighted by Crippen LogP contribution is 2.12. The number of hydrogen-bond donors (Lipinski definition) is 4. The first kappa shape index (κ1) is 25.9. The molecule has 1 rings (SSSR count). The van der Waals surface area contributed by atoms with Gasteiger partial charge < -0.3 is 26.2 Å². The maximum Gasteiger partial charge on any atom is 0.246 e. The van der Waals surface area contributed by atoms with Crippen molar-refractivity contribution in [1.29, 1.82) is 0 Å². The summed E-state index contributed by atoms with van der Waals surface area (Å²) in [6, 6.07) is -0.548. The van der Waals surface area contributed by atoms with Gasteiger partial charge >= 0.3 is 0 Å². The molecule has 0 fully saturated rings. The number of carbonyl (C=O) groups is 2. The highest BCUT2D eigenvalue weighted by atomic mass is 16.2. The Labute approximate surface area is 185 Å². The third-order valence-corrected chi connectivity index (χ3v) is 4.45. The van der Waals surface area contributed by atoms with E-state index in [4.69, 9.17) is 0 Å². The number of likely N-dealkylation sites (N-methyl/N-ethyl adjacent to an activating group) is 2. The van der Waals surface area contributed by atoms with Crippen LogP contribution in [0.3, 0.4) is 0 Å². The predicted molar refractivity (Wildman–Crippen MR) is 125 cm³/mol. The molecule has 9 nitrogen and oxygen atoms in total. The van der Waals surface area contributed by atoms with Crippen LogP contribution in [-0.4, -0.2) is 73.5 Å². The van der Waals surface area contributed by atoms with E-state index in [0.29, 0.717) is 37.7 Å². The van der Waals surface area contributed by atoms with Crippen molar-refractivity contribution in [3.63, 3.8) is 0 Å². The second-order valence-corrected chi connectivity index (χ2v) is 6.91. The molecule has 0 aliphatic heterocycles. The van der Waals surface area contributed by atoms with Gasteiger partial charge in [-0.15, -0.1) is 0 Å². The fourth-order valence-electron chi connectivity index (χ4n) is 2.43. The molecule has 9 heteroatoms. The number of nitrogens with one attached hydrogen (secondary N) is 4. The molecule has 0 spiro atoms. The zero-order valence-electron chi connectivity index (χ0n) is 19.2. The lowest BCUT2D eigenvalue weighted by molar-refractivity contribution is -0.135. The average Bonchev–Trinajstić information content (AvgIpc) is 2.79. The van der Waals surface area contributed by atoms with Crippen LogP contribution in [0.25, 0.3) is 0 Å². The van der Waals surface area contributed by atoms with E-state index in [1.165, 1.54) is 11.0 Å². The first-order valence-electron chi connectivity index (χ1n) is 10.6. The van der Waals surface area contributed by atoms with Crippen molar-refractivity contribution >= 4 is 23.6 Å². The fraction of sp³-hybridized carbons (Fsp3) is 0.545. The number of aromatic nitrogens is 2. The van der Waals surface area contributed by atoms with Gasteiger partial charge in [0.15, 0.2) is 0 Å². The molecule has 2 amide bonds. The van der Waals surface area contributed by atoms with Crippen molar-refractivity contribution in [2.45, 2.75) is 39.2 Å². The van der Waals surface area contributed by atoms with Crippen LogP contribution >= 0.6 is 0 Å². The van der Waals surface area contributed by atoms with Gasteiger partial charge in [0.25, 0.3) is 0 Å². The average molecular weight is 430 g/mol. The molecule has 0 aliphatic carbocycles. The smallest absolute Gasteiger partial charge is 0.246 e. The Morgan fingerprint density at radius 3 is 2.74 bits per heavy atom. The van der Waals surface area contributed by atoms with Crippen molar-refractivity contribution < 1.29 is 9.59 Å². The number of rotatable bonds is 12. The zero-order valence-corrected chi connectivity index (χ0v) is 19.2. The molecular weight excluding hydrogens is 394 g/mol. The molecule has 1 atom stereocenters. The maximum atomic E-state index is 12.3. The topological polar surface area (TPSA) is 111 Å². The largest absolute Gasteiger partial charge is 0.369 e. The van der Waals surface area contributed by atoms with Gasteiger partial charge in [-0.3, -0.25) is 9.59 Å². The van der Waals surface area contributed by atoms with E-state index in [-0.39, 0.29) is 11.8 Å². The quantitative estimate of drug-likeness (QED) is 0.224. The van der Waals surface area contributed by atoms with E-state index in [1.54, 1.807) is 40.3 Å². The molecule has 1 aromatic rings. The van der Waals surface area contributed by atoms with E-state index in [9.17, 15) is 9.59 Å². The summed E-state index contributed by atoms with van der Waals surface area (Å²) in [7, 11) is 5.19. The van der Waals surface area contributed by atoms with Gasteiger partial charge in [-0.2, -0.15) is 4.98 Å². The van der Waals surface area contributed by atoms with Gasteiger partial charge in [-0.05, 0) is 26.8 Å². The summed E-state index contributed by atoms with van der Waals surface area (Å²) in [5.41, 5.74) is 0.747. The second kappa shape index (κ2) is 14.8. The normalized spacial score (nSPS) is 11.4. The first-order valence-corrected chi connectivity index (χ1v) is 10.6. The second-order valence-electron chi connectivity index (χ2n) is 6.91. The van der Waals surface area contributed by atoms with Crippen LogP contribution in [0.15, 0.2) is 18.3 Å². The summed E-state index contributed by atoms with van der Waals surface area (Å²) in [4.78, 5) is 34.4. The maximum absolute atomic E-state index is 12.3. The Hall–Kier alpha value is -3.12. The fourth-order valence-corrected chi connectivity index (χ4v) is 2.43. The third kappa shape index (κ3) is 9.49. The Bertz CT molecular complexity index is 799. The Balaban J connectivity index is 2.48. The Kier molecular flexibility index (Phi) is 12.4. The third-order valence-electron chi connectivity index (χ3n) is 4.45. The van der Waals surface area contributed by atoms with E-state index in [0.717, 1.165) is 18.5 Å². The van der Waals surface area contributed by atoms with Gasteiger partial charge in [0, 0.05) is 46.2 Å². The molecule has 1 heterocycles. The minimum atomic E-state index is -0.548. The minimum Gasteiger partial charge on any atom is -0.369 e. The summed E-state index contributed by atoms with van der Waals surface area (Å²) in [5, 5.41) is 12.0. The number of anilines is 2. The molecule has 0 bridgehead atoms. The van der Waals surface area contributed by atoms with Crippen LogP contribution in [0.1, 0.15) is 38.7 Å². The van der Waals surface area contributed by atoms with Gasteiger partial charge in [-0.1, -0.05) is 24.8 Å². The number of amides is 2.